The Morgan fingerprint density at radius 2 is 0.982 bits per heavy atom. The Labute approximate surface area is 330 Å². The average molecular weight is 743 g/mol. The van der Waals surface area contributed by atoms with E-state index in [0.29, 0.717) is 0 Å². The van der Waals surface area contributed by atoms with E-state index in [1.165, 1.54) is 80.0 Å². The molecule has 0 aliphatic rings. The van der Waals surface area contributed by atoms with Crippen molar-refractivity contribution in [2.24, 2.45) is 0 Å². The Morgan fingerprint density at radius 1 is 0.368 bits per heavy atom. The van der Waals surface area contributed by atoms with Gasteiger partial charge in [-0.1, -0.05) is 127 Å². The highest BCUT2D eigenvalue weighted by Gasteiger charge is 2.25. The minimum absolute atomic E-state index is 0.721. The maximum atomic E-state index is 5.61. The molecule has 0 saturated heterocycles. The molecule has 0 aliphatic carbocycles. The van der Waals surface area contributed by atoms with Gasteiger partial charge >= 0.3 is 0 Å². The van der Waals surface area contributed by atoms with Crippen LogP contribution in [0.1, 0.15) is 0 Å². The number of fused-ring (bicyclic) bond motifs is 12. The normalized spacial score (nSPS) is 12.2. The van der Waals surface area contributed by atoms with Crippen LogP contribution in [0.4, 0.5) is 0 Å². The van der Waals surface area contributed by atoms with Gasteiger partial charge in [-0.15, -0.1) is 11.3 Å². The highest BCUT2D eigenvalue weighted by molar-refractivity contribution is 7.25. The van der Waals surface area contributed by atoms with Crippen LogP contribution in [0.25, 0.3) is 119 Å². The Kier molecular flexibility index (Phi) is 6.29. The lowest BCUT2D eigenvalue weighted by Gasteiger charge is -2.16. The van der Waals surface area contributed by atoms with Crippen molar-refractivity contribution in [2.45, 2.75) is 0 Å². The van der Waals surface area contributed by atoms with E-state index in [0.717, 1.165) is 39.1 Å². The molecule has 0 atom stereocenters. The molecule has 0 saturated carbocycles. The lowest BCUT2D eigenvalue weighted by atomic mass is 10.0. The van der Waals surface area contributed by atoms with Crippen LogP contribution in [-0.2, 0) is 0 Å². The molecule has 0 amide bonds. The second kappa shape index (κ2) is 11.6. The van der Waals surface area contributed by atoms with Crippen LogP contribution in [0, 0.1) is 0 Å². The summed E-state index contributed by atoms with van der Waals surface area (Å²) in [6.07, 6.45) is 0. The van der Waals surface area contributed by atoms with E-state index < -0.39 is 0 Å². The number of para-hydroxylation sites is 3. The summed E-state index contributed by atoms with van der Waals surface area (Å²) in [5.41, 5.74) is 7.71. The molecule has 4 heterocycles. The smallest absolute Gasteiger partial charge is 0.162 e. The molecule has 0 radical (unpaired) electrons. The topological polar surface area (TPSA) is 35.6 Å². The minimum atomic E-state index is 0.721. The fourth-order valence-electron chi connectivity index (χ4n) is 9.43. The van der Waals surface area contributed by atoms with Crippen molar-refractivity contribution < 1.29 is 0 Å². The van der Waals surface area contributed by atoms with Crippen LogP contribution < -0.4 is 0 Å². The molecule has 0 aliphatic heterocycles. The van der Waals surface area contributed by atoms with Gasteiger partial charge in [0.2, 0.25) is 0 Å². The lowest BCUT2D eigenvalue weighted by molar-refractivity contribution is 1.08. The zero-order chi connectivity index (χ0) is 37.2. The number of aromatic nitrogens is 4. The molecular formula is C52H30N4S. The van der Waals surface area contributed by atoms with Gasteiger partial charge < -0.3 is 4.57 Å². The van der Waals surface area contributed by atoms with Crippen LogP contribution >= 0.6 is 11.3 Å². The fraction of sp³-hybridized carbons (Fsp3) is 0. The molecule has 0 spiro atoms. The van der Waals surface area contributed by atoms with Crippen LogP contribution in [-0.4, -0.2) is 19.1 Å². The highest BCUT2D eigenvalue weighted by Crippen LogP contribution is 2.45. The fourth-order valence-corrected chi connectivity index (χ4v) is 10.6. The number of benzene rings is 9. The quantitative estimate of drug-likeness (QED) is 0.181. The van der Waals surface area contributed by atoms with Crippen molar-refractivity contribution in [2.75, 3.05) is 0 Å². The SMILES string of the molecule is c1ccc2cc3c(cc2c1)c1ccccc1n3-c1c2ccccc2cc2c1c1ccccc1n2-c1nc(-c2cccc3sc4ccccc4c23)nc2ccccc12. The molecule has 0 N–H and O–H groups in total. The molecule has 0 unspecified atom stereocenters. The van der Waals surface area contributed by atoms with Gasteiger partial charge in [-0.25, -0.2) is 9.97 Å². The van der Waals surface area contributed by atoms with Gasteiger partial charge in [0.05, 0.1) is 33.3 Å². The summed E-state index contributed by atoms with van der Waals surface area (Å²) in [7, 11) is 0. The zero-order valence-corrected chi connectivity index (χ0v) is 31.3. The lowest BCUT2D eigenvalue weighted by Crippen LogP contribution is -2.03. The molecule has 0 fully saturated rings. The third-order valence-electron chi connectivity index (χ3n) is 11.9. The van der Waals surface area contributed by atoms with Crippen molar-refractivity contribution in [1.82, 2.24) is 19.1 Å². The first-order chi connectivity index (χ1) is 28.3. The number of nitrogens with zero attached hydrogens (tertiary/aromatic N) is 4. The summed E-state index contributed by atoms with van der Waals surface area (Å²) >= 11 is 1.82. The first-order valence-electron chi connectivity index (χ1n) is 19.3. The van der Waals surface area contributed by atoms with Crippen LogP contribution in [0.15, 0.2) is 182 Å². The van der Waals surface area contributed by atoms with E-state index in [-0.39, 0.29) is 0 Å². The number of rotatable bonds is 3. The van der Waals surface area contributed by atoms with Gasteiger partial charge in [-0.2, -0.15) is 0 Å². The molecule has 9 aromatic carbocycles. The Hall–Kier alpha value is -7.34. The molecule has 4 nitrogen and oxygen atoms in total. The Bertz CT molecular complexity index is 3830. The van der Waals surface area contributed by atoms with Gasteiger partial charge in [-0.05, 0) is 70.8 Å². The third-order valence-corrected chi connectivity index (χ3v) is 13.0. The number of hydrogen-bond donors (Lipinski definition) is 0. The molecule has 264 valence electrons. The molecule has 0 bridgehead atoms. The van der Waals surface area contributed by atoms with Crippen molar-refractivity contribution in [3.8, 4) is 22.9 Å². The first kappa shape index (κ1) is 30.9. The second-order valence-corrected chi connectivity index (χ2v) is 16.0. The van der Waals surface area contributed by atoms with Crippen molar-refractivity contribution in [1.29, 1.82) is 0 Å². The van der Waals surface area contributed by atoms with Gasteiger partial charge in [0.1, 0.15) is 5.82 Å². The molecule has 13 aromatic rings. The average Bonchev–Trinajstić information content (AvgIpc) is 3.92. The predicted molar refractivity (Wildman–Crippen MR) is 242 cm³/mol. The Morgan fingerprint density at radius 3 is 1.82 bits per heavy atom. The monoisotopic (exact) mass is 742 g/mol. The summed E-state index contributed by atoms with van der Waals surface area (Å²) in [6, 6.07) is 65.9. The van der Waals surface area contributed by atoms with Crippen molar-refractivity contribution >= 4 is 108 Å². The van der Waals surface area contributed by atoms with E-state index in [4.69, 9.17) is 9.97 Å². The molecular weight excluding hydrogens is 713 g/mol. The maximum absolute atomic E-state index is 5.61. The van der Waals surface area contributed by atoms with E-state index in [1.54, 1.807) is 0 Å². The minimum Gasteiger partial charge on any atom is -0.308 e. The molecule has 5 heteroatoms. The van der Waals surface area contributed by atoms with Gasteiger partial charge in [0, 0.05) is 58.1 Å². The molecule has 4 aromatic heterocycles. The van der Waals surface area contributed by atoms with Gasteiger partial charge in [-0.3, -0.25) is 4.57 Å². The Balaban J connectivity index is 1.20. The molecule has 57 heavy (non-hydrogen) atoms. The van der Waals surface area contributed by atoms with Gasteiger partial charge in [0.25, 0.3) is 0 Å². The zero-order valence-electron chi connectivity index (χ0n) is 30.5. The summed E-state index contributed by atoms with van der Waals surface area (Å²) in [6.45, 7) is 0. The number of hydrogen-bond acceptors (Lipinski definition) is 3. The van der Waals surface area contributed by atoms with Crippen LogP contribution in [0.3, 0.4) is 0 Å². The van der Waals surface area contributed by atoms with Crippen molar-refractivity contribution in [3.63, 3.8) is 0 Å². The summed E-state index contributed by atoms with van der Waals surface area (Å²) in [5.74, 6) is 1.59. The van der Waals surface area contributed by atoms with E-state index in [2.05, 4.69) is 191 Å². The van der Waals surface area contributed by atoms with Gasteiger partial charge in [0.15, 0.2) is 5.82 Å². The third kappa shape index (κ3) is 4.32. The first-order valence-corrected chi connectivity index (χ1v) is 20.2. The maximum Gasteiger partial charge on any atom is 0.162 e. The summed E-state index contributed by atoms with van der Waals surface area (Å²) in [5, 5.41) is 13.1. The van der Waals surface area contributed by atoms with E-state index >= 15 is 0 Å². The van der Waals surface area contributed by atoms with Crippen LogP contribution in [0.2, 0.25) is 0 Å². The standard InChI is InChI=1S/C52H30N4S/c1-2-15-32-29-44-40(28-31(32)14-1)35-18-6-10-24-42(35)55(44)50-34-17-4-3-16-33(34)30-45-49(50)37-20-7-11-25-43(37)56(45)52-36-19-5-9-23-41(36)53-51(54-52)39-22-13-27-47-48(39)38-21-8-12-26-46(38)57-47/h1-30H. The predicted octanol–water partition coefficient (Wildman–Crippen LogP) is 14.2. The molecule has 13 rings (SSSR count). The number of thiophene rings is 1. The van der Waals surface area contributed by atoms with Crippen LogP contribution in [0.5, 0.6) is 0 Å². The summed E-state index contributed by atoms with van der Waals surface area (Å²) in [4.78, 5) is 10.9. The van der Waals surface area contributed by atoms with Crippen molar-refractivity contribution in [3.05, 3.63) is 182 Å². The van der Waals surface area contributed by atoms with E-state index in [9.17, 15) is 0 Å². The second-order valence-electron chi connectivity index (χ2n) is 14.9. The van der Waals surface area contributed by atoms with E-state index in [1.807, 2.05) is 11.3 Å². The largest absolute Gasteiger partial charge is 0.308 e. The summed E-state index contributed by atoms with van der Waals surface area (Å²) < 4.78 is 7.41. The highest BCUT2D eigenvalue weighted by atomic mass is 32.1.